The number of hydrogen-bond acceptors (Lipinski definition) is 4. The smallest absolute Gasteiger partial charge is 0.231 e. The number of anilines is 1. The van der Waals surface area contributed by atoms with Crippen LogP contribution in [0.4, 0.5) is 5.13 Å². The third kappa shape index (κ3) is 4.46. The molecule has 0 unspecified atom stereocenters. The Bertz CT molecular complexity index is 1120. The van der Waals surface area contributed by atoms with Crippen molar-refractivity contribution in [2.24, 2.45) is 5.92 Å². The molecule has 4 rings (SSSR count). The van der Waals surface area contributed by atoms with Crippen molar-refractivity contribution in [1.29, 1.82) is 0 Å². The highest BCUT2D eigenvalue weighted by Crippen LogP contribution is 2.30. The van der Waals surface area contributed by atoms with Gasteiger partial charge in [0.25, 0.3) is 0 Å². The van der Waals surface area contributed by atoms with Gasteiger partial charge < -0.3 is 14.8 Å². The zero-order valence-electron chi connectivity index (χ0n) is 17.8. The molecule has 7 heteroatoms. The monoisotopic (exact) mass is 434 g/mol. The Morgan fingerprint density at radius 1 is 1.32 bits per heavy atom. The van der Waals surface area contributed by atoms with Crippen LogP contribution in [0, 0.1) is 19.8 Å². The van der Waals surface area contributed by atoms with Crippen LogP contribution in [-0.2, 0) is 22.7 Å². The number of carbonyl (C=O) groups is 2. The Hall–Kier alpha value is -3.19. The molecule has 2 aromatic heterocycles. The number of nitrogens with zero attached hydrogens (tertiary/aromatic N) is 3. The molecule has 0 bridgehead atoms. The van der Waals surface area contributed by atoms with E-state index >= 15 is 0 Å². The number of hydrogen-bond donors (Lipinski definition) is 1. The summed E-state index contributed by atoms with van der Waals surface area (Å²) in [6, 6.07) is 11.9. The Morgan fingerprint density at radius 2 is 2.10 bits per heavy atom. The van der Waals surface area contributed by atoms with Gasteiger partial charge in [-0.3, -0.25) is 9.59 Å². The molecule has 0 saturated carbocycles. The van der Waals surface area contributed by atoms with Gasteiger partial charge in [-0.05, 0) is 25.5 Å². The molecule has 0 radical (unpaired) electrons. The number of allylic oxidation sites excluding steroid dienone is 1. The topological polar surface area (TPSA) is 67.2 Å². The van der Waals surface area contributed by atoms with Crippen molar-refractivity contribution in [3.63, 3.8) is 0 Å². The van der Waals surface area contributed by atoms with Gasteiger partial charge in [-0.25, -0.2) is 4.98 Å². The van der Waals surface area contributed by atoms with Crippen molar-refractivity contribution in [3.8, 4) is 11.3 Å². The number of carbonyl (C=O) groups excluding carboxylic acids is 2. The van der Waals surface area contributed by atoms with Gasteiger partial charge in [0, 0.05) is 48.4 Å². The van der Waals surface area contributed by atoms with Crippen LogP contribution < -0.4 is 5.32 Å². The van der Waals surface area contributed by atoms with Crippen molar-refractivity contribution in [2.45, 2.75) is 33.4 Å². The average Bonchev–Trinajstić information content (AvgIpc) is 3.43. The first-order chi connectivity index (χ1) is 15.0. The fourth-order valence-corrected chi connectivity index (χ4v) is 4.75. The first-order valence-corrected chi connectivity index (χ1v) is 11.2. The molecule has 2 amide bonds. The van der Waals surface area contributed by atoms with Crippen LogP contribution in [0.15, 0.2) is 54.4 Å². The second-order valence-electron chi connectivity index (χ2n) is 7.87. The fourth-order valence-electron chi connectivity index (χ4n) is 4.04. The molecular weight excluding hydrogens is 408 g/mol. The molecule has 160 valence electrons. The fraction of sp³-hybridized carbons (Fsp3) is 0.292. The summed E-state index contributed by atoms with van der Waals surface area (Å²) in [4.78, 5) is 31.5. The second kappa shape index (κ2) is 8.89. The van der Waals surface area contributed by atoms with E-state index in [-0.39, 0.29) is 24.2 Å². The van der Waals surface area contributed by atoms with Crippen LogP contribution >= 0.6 is 11.3 Å². The quantitative estimate of drug-likeness (QED) is 0.561. The molecule has 1 N–H and O–H groups in total. The molecule has 31 heavy (non-hydrogen) atoms. The zero-order chi connectivity index (χ0) is 22.0. The van der Waals surface area contributed by atoms with Crippen LogP contribution in [0.2, 0.25) is 0 Å². The lowest BCUT2D eigenvalue weighted by molar-refractivity contribution is -0.128. The first kappa shape index (κ1) is 21.1. The number of aromatic nitrogens is 2. The van der Waals surface area contributed by atoms with Crippen LogP contribution in [0.5, 0.6) is 0 Å². The maximum absolute atomic E-state index is 12.8. The van der Waals surface area contributed by atoms with E-state index in [2.05, 4.69) is 41.4 Å². The maximum Gasteiger partial charge on any atom is 0.231 e. The summed E-state index contributed by atoms with van der Waals surface area (Å²) in [5.74, 6) is -0.498. The number of aryl methyl sites for hydroxylation is 1. The second-order valence-corrected chi connectivity index (χ2v) is 8.73. The van der Waals surface area contributed by atoms with Gasteiger partial charge in [-0.1, -0.05) is 36.4 Å². The molecular formula is C24H26N4O2S. The van der Waals surface area contributed by atoms with Crippen LogP contribution in [0.25, 0.3) is 11.3 Å². The number of rotatable bonds is 7. The minimum Gasteiger partial charge on any atom is -0.345 e. The van der Waals surface area contributed by atoms with Gasteiger partial charge in [-0.2, -0.15) is 0 Å². The predicted molar refractivity (Wildman–Crippen MR) is 124 cm³/mol. The first-order valence-electron chi connectivity index (χ1n) is 10.3. The summed E-state index contributed by atoms with van der Waals surface area (Å²) in [7, 11) is 0. The molecule has 1 saturated heterocycles. The number of likely N-dealkylation sites (tertiary alicyclic amines) is 1. The molecule has 0 spiro atoms. The van der Waals surface area contributed by atoms with Crippen molar-refractivity contribution < 1.29 is 9.59 Å². The number of nitrogens with one attached hydrogen (secondary N) is 1. The van der Waals surface area contributed by atoms with Crippen molar-refractivity contribution in [3.05, 3.63) is 71.4 Å². The maximum atomic E-state index is 12.8. The third-order valence-electron chi connectivity index (χ3n) is 5.70. The van der Waals surface area contributed by atoms with E-state index in [9.17, 15) is 9.59 Å². The van der Waals surface area contributed by atoms with E-state index < -0.39 is 0 Å². The van der Waals surface area contributed by atoms with Crippen LogP contribution in [0.3, 0.4) is 0 Å². The highest BCUT2D eigenvalue weighted by molar-refractivity contribution is 7.14. The highest BCUT2D eigenvalue weighted by Gasteiger charge is 2.34. The van der Waals surface area contributed by atoms with Gasteiger partial charge in [0.1, 0.15) is 0 Å². The summed E-state index contributed by atoms with van der Waals surface area (Å²) >= 11 is 1.40. The molecule has 1 aliphatic heterocycles. The van der Waals surface area contributed by atoms with Crippen molar-refractivity contribution >= 4 is 28.3 Å². The standard InChI is InChI=1S/C24H26N4O2S/c1-4-10-28-16(2)11-20(17(28)3)21-15-31-24(25-21)26-23(30)19-12-22(29)27(14-19)13-18-8-6-5-7-9-18/h4-9,11,15,19H,1,10,12-14H2,2-3H3,(H,25,26,30)/t19-/m1/s1. The van der Waals surface area contributed by atoms with E-state index in [1.807, 2.05) is 41.8 Å². The van der Waals surface area contributed by atoms with Gasteiger partial charge in [0.05, 0.1) is 11.6 Å². The lowest BCUT2D eigenvalue weighted by Gasteiger charge is -2.16. The lowest BCUT2D eigenvalue weighted by Crippen LogP contribution is -2.28. The number of benzene rings is 1. The van der Waals surface area contributed by atoms with Gasteiger partial charge in [0.2, 0.25) is 11.8 Å². The minimum atomic E-state index is -0.360. The van der Waals surface area contributed by atoms with Gasteiger partial charge in [0.15, 0.2) is 5.13 Å². The van der Waals surface area contributed by atoms with Crippen LogP contribution in [-0.4, -0.2) is 32.8 Å². The Kier molecular flexibility index (Phi) is 6.04. The van der Waals surface area contributed by atoms with E-state index in [0.29, 0.717) is 18.2 Å². The van der Waals surface area contributed by atoms with E-state index in [1.165, 1.54) is 11.3 Å². The summed E-state index contributed by atoms with van der Waals surface area (Å²) in [5, 5.41) is 5.42. The molecule has 3 heterocycles. The summed E-state index contributed by atoms with van der Waals surface area (Å²) in [6.45, 7) is 9.66. The summed E-state index contributed by atoms with van der Waals surface area (Å²) < 4.78 is 2.19. The molecule has 1 aromatic carbocycles. The normalized spacial score (nSPS) is 16.0. The molecule has 1 aliphatic rings. The summed E-state index contributed by atoms with van der Waals surface area (Å²) in [6.07, 6.45) is 2.11. The average molecular weight is 435 g/mol. The van der Waals surface area contributed by atoms with E-state index in [0.717, 1.165) is 34.8 Å². The predicted octanol–water partition coefficient (Wildman–Crippen LogP) is 4.40. The van der Waals surface area contributed by atoms with Gasteiger partial charge in [-0.15, -0.1) is 17.9 Å². The number of thiazole rings is 1. The minimum absolute atomic E-state index is 0.0125. The molecule has 6 nitrogen and oxygen atoms in total. The number of amides is 2. The zero-order valence-corrected chi connectivity index (χ0v) is 18.6. The Balaban J connectivity index is 1.41. The molecule has 3 aromatic rings. The molecule has 1 atom stereocenters. The molecule has 0 aliphatic carbocycles. The SMILES string of the molecule is C=CCn1c(C)cc(-c2csc(NC(=O)[C@@H]3CC(=O)N(Cc4ccccc4)C3)n2)c1C. The molecule has 1 fully saturated rings. The van der Waals surface area contributed by atoms with Crippen molar-refractivity contribution in [1.82, 2.24) is 14.5 Å². The van der Waals surface area contributed by atoms with Crippen molar-refractivity contribution in [2.75, 3.05) is 11.9 Å². The third-order valence-corrected chi connectivity index (χ3v) is 6.45. The van der Waals surface area contributed by atoms with E-state index in [1.54, 1.807) is 4.90 Å². The Morgan fingerprint density at radius 3 is 2.84 bits per heavy atom. The highest BCUT2D eigenvalue weighted by atomic mass is 32.1. The van der Waals surface area contributed by atoms with Crippen LogP contribution in [0.1, 0.15) is 23.4 Å². The largest absolute Gasteiger partial charge is 0.345 e. The Labute approximate surface area is 186 Å². The summed E-state index contributed by atoms with van der Waals surface area (Å²) in [5.41, 5.74) is 5.24. The lowest BCUT2D eigenvalue weighted by atomic mass is 10.1. The van der Waals surface area contributed by atoms with E-state index in [4.69, 9.17) is 0 Å². The van der Waals surface area contributed by atoms with Gasteiger partial charge >= 0.3 is 0 Å².